The second-order valence-electron chi connectivity index (χ2n) is 8.96. The minimum absolute atomic E-state index is 0.0604. The van der Waals surface area contributed by atoms with Gasteiger partial charge in [-0.1, -0.05) is 42.5 Å². The number of benzene rings is 3. The second kappa shape index (κ2) is 9.29. The predicted octanol–water partition coefficient (Wildman–Crippen LogP) is 4.68. The number of aliphatic hydroxyl groups excluding tert-OH is 1. The van der Waals surface area contributed by atoms with E-state index in [2.05, 4.69) is 0 Å². The molecular weight excluding hydrogens is 442 g/mol. The molecule has 0 bridgehead atoms. The predicted molar refractivity (Wildman–Crippen MR) is 132 cm³/mol. The Morgan fingerprint density at radius 2 is 1.80 bits per heavy atom. The molecule has 178 valence electrons. The molecule has 35 heavy (non-hydrogen) atoms. The Morgan fingerprint density at radius 3 is 2.51 bits per heavy atom. The third-order valence-corrected chi connectivity index (χ3v) is 6.63. The summed E-state index contributed by atoms with van der Waals surface area (Å²) in [5, 5.41) is 11.4. The molecule has 3 aromatic rings. The highest BCUT2D eigenvalue weighted by Crippen LogP contribution is 2.41. The average molecular weight is 470 g/mol. The van der Waals surface area contributed by atoms with E-state index in [4.69, 9.17) is 9.47 Å². The highest BCUT2D eigenvalue weighted by Gasteiger charge is 2.46. The molecule has 1 N–H and O–H groups in total. The van der Waals surface area contributed by atoms with E-state index in [1.165, 1.54) is 0 Å². The van der Waals surface area contributed by atoms with Crippen LogP contribution in [-0.4, -0.2) is 41.5 Å². The molecule has 0 spiro atoms. The van der Waals surface area contributed by atoms with E-state index in [9.17, 15) is 14.7 Å². The molecule has 2 heterocycles. The zero-order chi connectivity index (χ0) is 24.5. The molecule has 0 saturated carbocycles. The quantitative estimate of drug-likeness (QED) is 0.322. The zero-order valence-corrected chi connectivity index (χ0v) is 19.7. The van der Waals surface area contributed by atoms with E-state index in [1.54, 1.807) is 30.2 Å². The first-order chi connectivity index (χ1) is 17.0. The summed E-state index contributed by atoms with van der Waals surface area (Å²) < 4.78 is 11.1. The second-order valence-corrected chi connectivity index (χ2v) is 8.96. The van der Waals surface area contributed by atoms with Crippen LogP contribution in [0.15, 0.2) is 78.4 Å². The lowest BCUT2D eigenvalue weighted by atomic mass is 9.94. The first kappa shape index (κ1) is 22.7. The molecule has 0 aliphatic carbocycles. The summed E-state index contributed by atoms with van der Waals surface area (Å²) in [7, 11) is 1.58. The minimum atomic E-state index is -0.701. The van der Waals surface area contributed by atoms with Crippen molar-refractivity contribution >= 4 is 17.4 Å². The third kappa shape index (κ3) is 4.28. The summed E-state index contributed by atoms with van der Waals surface area (Å²) in [4.78, 5) is 28.0. The molecule has 1 amide bonds. The van der Waals surface area contributed by atoms with Gasteiger partial charge in [0.15, 0.2) is 0 Å². The number of fused-ring (bicyclic) bond motifs is 1. The Bertz CT molecular complexity index is 1300. The topological polar surface area (TPSA) is 76.1 Å². The van der Waals surface area contributed by atoms with Crippen LogP contribution < -0.4 is 9.47 Å². The van der Waals surface area contributed by atoms with E-state index in [0.29, 0.717) is 24.3 Å². The molecule has 0 radical (unpaired) electrons. The Balaban J connectivity index is 1.57. The number of aliphatic hydroxyl groups is 1. The Hall–Kier alpha value is -4.06. The van der Waals surface area contributed by atoms with Crippen LogP contribution in [0.4, 0.5) is 0 Å². The molecule has 6 nitrogen and oxygen atoms in total. The average Bonchev–Trinajstić information content (AvgIpc) is 3.38. The van der Waals surface area contributed by atoms with Crippen molar-refractivity contribution in [3.8, 4) is 11.5 Å². The van der Waals surface area contributed by atoms with Gasteiger partial charge in [0, 0.05) is 18.5 Å². The van der Waals surface area contributed by atoms with Gasteiger partial charge in [-0.05, 0) is 60.4 Å². The number of nitrogens with zero attached hydrogens (tertiary/aromatic N) is 1. The summed E-state index contributed by atoms with van der Waals surface area (Å²) in [6.45, 7) is 2.33. The van der Waals surface area contributed by atoms with Crippen LogP contribution in [0.1, 0.15) is 35.2 Å². The Labute approximate surface area is 204 Å². The molecule has 2 aliphatic heterocycles. The van der Waals surface area contributed by atoms with E-state index >= 15 is 0 Å². The van der Waals surface area contributed by atoms with Gasteiger partial charge < -0.3 is 19.5 Å². The van der Waals surface area contributed by atoms with E-state index in [-0.39, 0.29) is 17.4 Å². The molecule has 0 unspecified atom stereocenters. The maximum atomic E-state index is 13.3. The minimum Gasteiger partial charge on any atom is -0.507 e. The number of rotatable bonds is 6. The number of carbonyl (C=O) groups is 2. The SMILES string of the molecule is COc1ccc([C@H]2C(=C(O)c3ccc4c(c3)C[C@@H](C)O4)C(=O)C(=O)N2CCc2ccccc2)cc1. The van der Waals surface area contributed by atoms with Crippen molar-refractivity contribution in [1.29, 1.82) is 0 Å². The number of ether oxygens (including phenoxy) is 2. The highest BCUT2D eigenvalue weighted by atomic mass is 16.5. The summed E-state index contributed by atoms with van der Waals surface area (Å²) in [5.74, 6) is -0.0107. The number of methoxy groups -OCH3 is 1. The van der Waals surface area contributed by atoms with Crippen molar-refractivity contribution < 1.29 is 24.2 Å². The van der Waals surface area contributed by atoms with Gasteiger partial charge in [0.1, 0.15) is 23.4 Å². The molecule has 5 rings (SSSR count). The number of ketones is 1. The molecule has 0 aromatic heterocycles. The van der Waals surface area contributed by atoms with Gasteiger partial charge in [0.2, 0.25) is 0 Å². The molecule has 3 aromatic carbocycles. The number of amides is 1. The number of likely N-dealkylation sites (tertiary alicyclic amines) is 1. The first-order valence-electron chi connectivity index (χ1n) is 11.7. The van der Waals surface area contributed by atoms with Crippen LogP contribution in [0.5, 0.6) is 11.5 Å². The Kier molecular flexibility index (Phi) is 6.03. The standard InChI is InChI=1S/C29H27NO5/c1-18-16-22-17-21(10-13-24(22)35-18)27(31)25-26(20-8-11-23(34-2)12-9-20)30(29(33)28(25)32)15-14-19-6-4-3-5-7-19/h3-13,17-18,26,31H,14-16H2,1-2H3/t18-,26+/m1/s1. The molecule has 2 aliphatic rings. The van der Waals surface area contributed by atoms with E-state index in [1.807, 2.05) is 61.5 Å². The summed E-state index contributed by atoms with van der Waals surface area (Å²) in [6.07, 6.45) is 1.38. The van der Waals surface area contributed by atoms with E-state index in [0.717, 1.165) is 28.9 Å². The number of hydrogen-bond acceptors (Lipinski definition) is 5. The van der Waals surface area contributed by atoms with Crippen LogP contribution in [0.25, 0.3) is 5.76 Å². The molecular formula is C29H27NO5. The van der Waals surface area contributed by atoms with Crippen LogP contribution in [0, 0.1) is 0 Å². The molecule has 6 heteroatoms. The van der Waals surface area contributed by atoms with Gasteiger partial charge in [-0.25, -0.2) is 0 Å². The number of Topliss-reactive ketones (excluding diaryl/α,β-unsaturated/α-hetero) is 1. The fourth-order valence-electron chi connectivity index (χ4n) is 4.86. The van der Waals surface area contributed by atoms with Crippen LogP contribution in [0.2, 0.25) is 0 Å². The largest absolute Gasteiger partial charge is 0.507 e. The summed E-state index contributed by atoms with van der Waals surface area (Å²) >= 11 is 0. The van der Waals surface area contributed by atoms with Crippen LogP contribution in [-0.2, 0) is 22.4 Å². The lowest BCUT2D eigenvalue weighted by molar-refractivity contribution is -0.139. The van der Waals surface area contributed by atoms with Gasteiger partial charge in [-0.3, -0.25) is 9.59 Å². The first-order valence-corrected chi connectivity index (χ1v) is 11.7. The van der Waals surface area contributed by atoms with Gasteiger partial charge >= 0.3 is 0 Å². The van der Waals surface area contributed by atoms with Crippen LogP contribution in [0.3, 0.4) is 0 Å². The monoisotopic (exact) mass is 469 g/mol. The van der Waals surface area contributed by atoms with Crippen molar-refractivity contribution in [2.24, 2.45) is 0 Å². The molecule has 1 saturated heterocycles. The van der Waals surface area contributed by atoms with Crippen molar-refractivity contribution in [1.82, 2.24) is 4.90 Å². The Morgan fingerprint density at radius 1 is 1.06 bits per heavy atom. The van der Waals surface area contributed by atoms with Gasteiger partial charge in [0.25, 0.3) is 11.7 Å². The lowest BCUT2D eigenvalue weighted by Gasteiger charge is -2.25. The maximum Gasteiger partial charge on any atom is 0.295 e. The van der Waals surface area contributed by atoms with Gasteiger partial charge in [-0.2, -0.15) is 0 Å². The lowest BCUT2D eigenvalue weighted by Crippen LogP contribution is -2.31. The summed E-state index contributed by atoms with van der Waals surface area (Å²) in [5.41, 5.74) is 3.37. The third-order valence-electron chi connectivity index (χ3n) is 6.63. The normalized spacial score (nSPS) is 20.6. The maximum absolute atomic E-state index is 13.3. The fraction of sp³-hybridized carbons (Fsp3) is 0.241. The van der Waals surface area contributed by atoms with Crippen LogP contribution >= 0.6 is 0 Å². The number of carbonyl (C=O) groups excluding carboxylic acids is 2. The van der Waals surface area contributed by atoms with E-state index < -0.39 is 17.7 Å². The molecule has 1 fully saturated rings. The van der Waals surface area contributed by atoms with Gasteiger partial charge in [-0.15, -0.1) is 0 Å². The smallest absolute Gasteiger partial charge is 0.295 e. The van der Waals surface area contributed by atoms with Crippen molar-refractivity contribution in [2.75, 3.05) is 13.7 Å². The van der Waals surface area contributed by atoms with Crippen molar-refractivity contribution in [3.05, 3.63) is 101 Å². The number of hydrogen-bond donors (Lipinski definition) is 1. The van der Waals surface area contributed by atoms with Crippen molar-refractivity contribution in [3.63, 3.8) is 0 Å². The van der Waals surface area contributed by atoms with Crippen molar-refractivity contribution in [2.45, 2.75) is 31.9 Å². The molecule has 2 atom stereocenters. The summed E-state index contributed by atoms with van der Waals surface area (Å²) in [6, 6.07) is 21.7. The zero-order valence-electron chi connectivity index (χ0n) is 19.7. The van der Waals surface area contributed by atoms with Gasteiger partial charge in [0.05, 0.1) is 18.7 Å². The fourth-order valence-corrected chi connectivity index (χ4v) is 4.86. The highest BCUT2D eigenvalue weighted by molar-refractivity contribution is 6.46.